The number of amides is 1. The fourth-order valence-electron chi connectivity index (χ4n) is 2.61. The van der Waals surface area contributed by atoms with Crippen molar-refractivity contribution in [3.8, 4) is 5.75 Å². The van der Waals surface area contributed by atoms with Crippen molar-refractivity contribution >= 4 is 45.0 Å². The first-order valence-electron chi connectivity index (χ1n) is 8.61. The molecule has 0 atom stereocenters. The summed E-state index contributed by atoms with van der Waals surface area (Å²) in [4.78, 5) is 11.8. The van der Waals surface area contributed by atoms with Crippen LogP contribution in [-0.4, -0.2) is 20.9 Å². The molecule has 0 unspecified atom stereocenters. The van der Waals surface area contributed by atoms with E-state index < -0.39 is 15.1 Å². The van der Waals surface area contributed by atoms with Crippen molar-refractivity contribution in [2.75, 3.05) is 11.9 Å². The van der Waals surface area contributed by atoms with Crippen LogP contribution in [0.15, 0.2) is 71.9 Å². The molecule has 0 aliphatic carbocycles. The first-order valence-corrected chi connectivity index (χ1v) is 10.7. The van der Waals surface area contributed by atoms with Gasteiger partial charge in [0.25, 0.3) is 5.91 Å². The van der Waals surface area contributed by atoms with E-state index in [9.17, 15) is 17.1 Å². The lowest BCUT2D eigenvalue weighted by Crippen LogP contribution is -2.34. The van der Waals surface area contributed by atoms with E-state index in [1.165, 1.54) is 24.3 Å². The normalized spacial score (nSPS) is 11.2. The maximum absolute atomic E-state index is 13.2. The van der Waals surface area contributed by atoms with E-state index in [0.29, 0.717) is 27.0 Å². The van der Waals surface area contributed by atoms with Gasteiger partial charge in [0.2, 0.25) is 0 Å². The summed E-state index contributed by atoms with van der Waals surface area (Å²) < 4.78 is 42.4. The van der Waals surface area contributed by atoms with Crippen molar-refractivity contribution in [3.05, 3.63) is 82.6 Å². The maximum Gasteiger partial charge on any atom is 0.332 e. The number of rotatable bonds is 7. The second kappa shape index (κ2) is 9.42. The van der Waals surface area contributed by atoms with Gasteiger partial charge < -0.3 is 10.1 Å². The fraction of sp³-hybridized carbons (Fsp3) is 0.100. The number of halogens is 3. The Bertz CT molecular complexity index is 1190. The summed E-state index contributed by atoms with van der Waals surface area (Å²) >= 11 is 11.7. The summed E-state index contributed by atoms with van der Waals surface area (Å²) in [6.07, 6.45) is 3.40. The van der Waals surface area contributed by atoms with E-state index in [1.54, 1.807) is 47.3 Å². The molecule has 0 radical (unpaired) electrons. The zero-order valence-electron chi connectivity index (χ0n) is 15.4. The van der Waals surface area contributed by atoms with E-state index in [0.717, 1.165) is 0 Å². The van der Waals surface area contributed by atoms with Crippen LogP contribution in [-0.2, 0) is 21.6 Å². The van der Waals surface area contributed by atoms with Crippen LogP contribution >= 0.6 is 23.2 Å². The Morgan fingerprint density at radius 2 is 1.87 bits per heavy atom. The van der Waals surface area contributed by atoms with Gasteiger partial charge in [0.1, 0.15) is 11.4 Å². The van der Waals surface area contributed by atoms with Crippen molar-refractivity contribution in [2.24, 2.45) is 0 Å². The number of hydrogen-bond acceptors (Lipinski definition) is 4. The van der Waals surface area contributed by atoms with Gasteiger partial charge in [0.15, 0.2) is 25.5 Å². The molecule has 0 bridgehead atoms. The predicted octanol–water partition coefficient (Wildman–Crippen LogP) is 4.00. The predicted molar refractivity (Wildman–Crippen MR) is 111 cm³/mol. The van der Waals surface area contributed by atoms with Crippen LogP contribution in [0.4, 0.5) is 9.57 Å². The minimum atomic E-state index is -4.77. The summed E-state index contributed by atoms with van der Waals surface area (Å²) in [7, 11) is -4.77. The quantitative estimate of drug-likeness (QED) is 0.419. The molecule has 0 saturated carbocycles. The Kier molecular flexibility index (Phi) is 6.91. The SMILES string of the molecule is O=C(COc1ccc(Cl)c(Cl)c1)Nc1ccc[n+](Cc2cccc(S(=O)(=O)F)c2)c1. The first kappa shape index (κ1) is 22.0. The molecule has 0 aliphatic heterocycles. The summed E-state index contributed by atoms with van der Waals surface area (Å²) in [5, 5.41) is 3.41. The third kappa shape index (κ3) is 6.16. The summed E-state index contributed by atoms with van der Waals surface area (Å²) in [6.45, 7) is 0.0517. The second-order valence-electron chi connectivity index (χ2n) is 6.26. The molecule has 1 aromatic heterocycles. The lowest BCUT2D eigenvalue weighted by Gasteiger charge is -2.08. The van der Waals surface area contributed by atoms with Crippen LogP contribution in [0.25, 0.3) is 0 Å². The second-order valence-corrected chi connectivity index (χ2v) is 8.42. The summed E-state index contributed by atoms with van der Waals surface area (Å²) in [6, 6.07) is 13.7. The Morgan fingerprint density at radius 1 is 1.07 bits per heavy atom. The highest BCUT2D eigenvalue weighted by molar-refractivity contribution is 7.86. The number of carbonyl (C=O) groups is 1. The number of benzene rings is 2. The topological polar surface area (TPSA) is 76.3 Å². The van der Waals surface area contributed by atoms with Gasteiger partial charge in [0.05, 0.1) is 14.9 Å². The molecule has 1 N–H and O–H groups in total. The minimum absolute atomic E-state index is 0.233. The molecule has 0 saturated heterocycles. The molecule has 0 aliphatic rings. The third-order valence-corrected chi connectivity index (χ3v) is 5.50. The molecule has 10 heteroatoms. The van der Waals surface area contributed by atoms with Gasteiger partial charge in [-0.05, 0) is 30.3 Å². The van der Waals surface area contributed by atoms with Gasteiger partial charge in [-0.25, -0.2) is 0 Å². The van der Waals surface area contributed by atoms with E-state index in [4.69, 9.17) is 27.9 Å². The number of pyridine rings is 1. The minimum Gasteiger partial charge on any atom is -0.484 e. The molecular weight excluding hydrogens is 454 g/mol. The first-order chi connectivity index (χ1) is 14.2. The van der Waals surface area contributed by atoms with Crippen LogP contribution in [0.2, 0.25) is 10.0 Å². The summed E-state index contributed by atoms with van der Waals surface area (Å²) in [5.41, 5.74) is 1.10. The van der Waals surface area contributed by atoms with Gasteiger partial charge in [-0.2, -0.15) is 13.0 Å². The van der Waals surface area contributed by atoms with Crippen LogP contribution in [0.3, 0.4) is 0 Å². The Hall–Kier alpha value is -2.68. The van der Waals surface area contributed by atoms with Crippen molar-refractivity contribution in [3.63, 3.8) is 0 Å². The van der Waals surface area contributed by atoms with E-state index in [1.807, 2.05) is 0 Å². The highest BCUT2D eigenvalue weighted by atomic mass is 35.5. The van der Waals surface area contributed by atoms with Gasteiger partial charge in [-0.15, -0.1) is 3.89 Å². The molecule has 2 aromatic carbocycles. The maximum atomic E-state index is 13.2. The number of hydrogen-bond donors (Lipinski definition) is 1. The molecule has 3 rings (SSSR count). The average molecular weight is 470 g/mol. The smallest absolute Gasteiger partial charge is 0.332 e. The van der Waals surface area contributed by atoms with Crippen LogP contribution in [0.5, 0.6) is 5.75 Å². The highest BCUT2D eigenvalue weighted by Gasteiger charge is 2.14. The monoisotopic (exact) mass is 469 g/mol. The van der Waals surface area contributed by atoms with E-state index >= 15 is 0 Å². The molecular formula is C20H16Cl2FN2O4S+. The lowest BCUT2D eigenvalue weighted by molar-refractivity contribution is -0.687. The Morgan fingerprint density at radius 3 is 2.60 bits per heavy atom. The van der Waals surface area contributed by atoms with Gasteiger partial charge >= 0.3 is 10.2 Å². The Balaban J connectivity index is 1.62. The van der Waals surface area contributed by atoms with E-state index in [2.05, 4.69) is 5.32 Å². The molecule has 6 nitrogen and oxygen atoms in total. The molecule has 0 spiro atoms. The molecule has 0 fully saturated rings. The van der Waals surface area contributed by atoms with Gasteiger partial charge in [-0.3, -0.25) is 4.79 Å². The standard InChI is InChI=1S/C20H15Cl2FN2O4S/c21-18-7-6-16(10-19(18)22)29-13-20(26)24-15-4-2-8-25(12-15)11-14-3-1-5-17(9-14)30(23,27)28/h1-10,12H,11,13H2/p+1. The number of nitrogens with one attached hydrogen (secondary N) is 1. The van der Waals surface area contributed by atoms with Gasteiger partial charge in [0, 0.05) is 17.7 Å². The molecule has 30 heavy (non-hydrogen) atoms. The number of aromatic nitrogens is 1. The Labute approximate surface area is 183 Å². The molecule has 1 heterocycles. The summed E-state index contributed by atoms with van der Waals surface area (Å²) in [5.74, 6) is 0.0229. The van der Waals surface area contributed by atoms with Crippen LogP contribution in [0, 0.1) is 0 Å². The third-order valence-electron chi connectivity index (χ3n) is 3.95. The molecule has 3 aromatic rings. The largest absolute Gasteiger partial charge is 0.484 e. The van der Waals surface area contributed by atoms with Crippen molar-refractivity contribution in [1.82, 2.24) is 0 Å². The van der Waals surface area contributed by atoms with Crippen molar-refractivity contribution in [2.45, 2.75) is 11.4 Å². The van der Waals surface area contributed by atoms with Crippen LogP contribution in [0.1, 0.15) is 5.56 Å². The number of ether oxygens (including phenoxy) is 1. The van der Waals surface area contributed by atoms with Crippen molar-refractivity contribution < 1.29 is 26.4 Å². The van der Waals surface area contributed by atoms with Crippen LogP contribution < -0.4 is 14.6 Å². The highest BCUT2D eigenvalue weighted by Crippen LogP contribution is 2.26. The van der Waals surface area contributed by atoms with Gasteiger partial charge in [-0.1, -0.05) is 35.3 Å². The molecule has 156 valence electrons. The zero-order chi connectivity index (χ0) is 21.7. The number of nitrogens with zero attached hydrogens (tertiary/aromatic N) is 1. The lowest BCUT2D eigenvalue weighted by atomic mass is 10.2. The zero-order valence-corrected chi connectivity index (χ0v) is 17.7. The number of carbonyl (C=O) groups excluding carboxylic acids is 1. The van der Waals surface area contributed by atoms with Crippen molar-refractivity contribution in [1.29, 1.82) is 0 Å². The molecule has 1 amide bonds. The number of anilines is 1. The van der Waals surface area contributed by atoms with E-state index in [-0.39, 0.29) is 19.1 Å². The fourth-order valence-corrected chi connectivity index (χ4v) is 3.43. The average Bonchev–Trinajstić information content (AvgIpc) is 2.69.